The predicted octanol–water partition coefficient (Wildman–Crippen LogP) is 2.11. The van der Waals surface area contributed by atoms with Gasteiger partial charge in [0.15, 0.2) is 0 Å². The minimum absolute atomic E-state index is 0.0402. The largest absolute Gasteiger partial charge is 0.312 e. The lowest BCUT2D eigenvalue weighted by Crippen LogP contribution is -2.27. The summed E-state index contributed by atoms with van der Waals surface area (Å²) in [6.07, 6.45) is 3.76. The average molecular weight is 339 g/mol. The molecule has 0 bridgehead atoms. The van der Waals surface area contributed by atoms with Crippen LogP contribution in [0.3, 0.4) is 0 Å². The Hall–Kier alpha value is -2.60. The summed E-state index contributed by atoms with van der Waals surface area (Å²) in [5.41, 5.74) is 2.73. The Labute approximate surface area is 147 Å². The molecule has 3 aromatic rings. The van der Waals surface area contributed by atoms with E-state index in [0.29, 0.717) is 12.5 Å². The Kier molecular flexibility index (Phi) is 5.19. The van der Waals surface area contributed by atoms with E-state index in [1.807, 2.05) is 65.9 Å². The van der Waals surface area contributed by atoms with Crippen molar-refractivity contribution in [2.24, 2.45) is 13.0 Å². The number of aromatic nitrogens is 4. The van der Waals surface area contributed by atoms with E-state index < -0.39 is 0 Å². The van der Waals surface area contributed by atoms with Crippen LogP contribution in [0.1, 0.15) is 18.2 Å². The van der Waals surface area contributed by atoms with Crippen LogP contribution in [-0.2, 0) is 20.1 Å². The van der Waals surface area contributed by atoms with E-state index in [4.69, 9.17) is 0 Å². The van der Waals surface area contributed by atoms with Crippen molar-refractivity contribution >= 4 is 0 Å². The van der Waals surface area contributed by atoms with Gasteiger partial charge in [0.05, 0.1) is 11.3 Å². The van der Waals surface area contributed by atoms with Gasteiger partial charge < -0.3 is 5.32 Å². The summed E-state index contributed by atoms with van der Waals surface area (Å²) < 4.78 is 5.57. The molecule has 0 fully saturated rings. The van der Waals surface area contributed by atoms with Gasteiger partial charge in [-0.05, 0) is 37.6 Å². The Bertz CT molecular complexity index is 861. The van der Waals surface area contributed by atoms with Gasteiger partial charge >= 0.3 is 0 Å². The van der Waals surface area contributed by atoms with Crippen molar-refractivity contribution in [3.8, 4) is 5.69 Å². The molecular formula is C19H25N5O. The fraction of sp³-hybridized carbons (Fsp3) is 0.368. The second-order valence-electron chi connectivity index (χ2n) is 6.50. The third-order valence-electron chi connectivity index (χ3n) is 4.53. The summed E-state index contributed by atoms with van der Waals surface area (Å²) in [5.74, 6) is 0.431. The van der Waals surface area contributed by atoms with Crippen LogP contribution >= 0.6 is 0 Å². The van der Waals surface area contributed by atoms with Crippen LogP contribution in [0.4, 0.5) is 0 Å². The molecule has 0 unspecified atom stereocenters. The third kappa shape index (κ3) is 3.74. The summed E-state index contributed by atoms with van der Waals surface area (Å²) >= 11 is 0. The third-order valence-corrected chi connectivity index (χ3v) is 4.53. The van der Waals surface area contributed by atoms with E-state index in [1.54, 1.807) is 10.9 Å². The second-order valence-corrected chi connectivity index (χ2v) is 6.50. The summed E-state index contributed by atoms with van der Waals surface area (Å²) in [6, 6.07) is 11.7. The first-order valence-corrected chi connectivity index (χ1v) is 8.59. The normalized spacial score (nSPS) is 12.4. The molecule has 2 heterocycles. The highest BCUT2D eigenvalue weighted by molar-refractivity contribution is 5.33. The molecular weight excluding hydrogens is 314 g/mol. The van der Waals surface area contributed by atoms with Gasteiger partial charge in [-0.1, -0.05) is 25.1 Å². The van der Waals surface area contributed by atoms with Crippen LogP contribution in [0.2, 0.25) is 0 Å². The lowest BCUT2D eigenvalue weighted by molar-refractivity contribution is 0.421. The molecule has 0 aliphatic heterocycles. The molecule has 1 N–H and O–H groups in total. The molecule has 2 aromatic heterocycles. The maximum atomic E-state index is 12.8. The molecule has 3 rings (SSSR count). The van der Waals surface area contributed by atoms with Crippen molar-refractivity contribution in [2.45, 2.75) is 26.9 Å². The maximum Gasteiger partial charge on any atom is 0.276 e. The highest BCUT2D eigenvalue weighted by atomic mass is 16.1. The van der Waals surface area contributed by atoms with Crippen molar-refractivity contribution in [1.82, 2.24) is 24.5 Å². The van der Waals surface area contributed by atoms with Gasteiger partial charge in [0.25, 0.3) is 5.56 Å². The minimum Gasteiger partial charge on any atom is -0.312 e. The smallest absolute Gasteiger partial charge is 0.276 e. The van der Waals surface area contributed by atoms with Crippen molar-refractivity contribution < 1.29 is 0 Å². The molecule has 0 spiro atoms. The first-order valence-electron chi connectivity index (χ1n) is 8.59. The van der Waals surface area contributed by atoms with Gasteiger partial charge in [0.2, 0.25) is 0 Å². The first-order chi connectivity index (χ1) is 12.1. The number of hydrogen-bond acceptors (Lipinski definition) is 3. The molecule has 0 radical (unpaired) electrons. The Balaban J connectivity index is 1.68. The molecule has 0 aliphatic carbocycles. The molecule has 132 valence electrons. The SMILES string of the molecule is Cc1c(CNC[C@H](C)Cn2cccn2)c(=O)n(-c2ccccc2)n1C. The van der Waals surface area contributed by atoms with Gasteiger partial charge in [-0.25, -0.2) is 4.68 Å². The molecule has 0 saturated carbocycles. The maximum absolute atomic E-state index is 12.8. The number of para-hydroxylation sites is 1. The van der Waals surface area contributed by atoms with E-state index in [-0.39, 0.29) is 5.56 Å². The van der Waals surface area contributed by atoms with Crippen LogP contribution in [-0.4, -0.2) is 25.7 Å². The van der Waals surface area contributed by atoms with E-state index >= 15 is 0 Å². The van der Waals surface area contributed by atoms with Crippen LogP contribution in [0.15, 0.2) is 53.6 Å². The van der Waals surface area contributed by atoms with Gasteiger partial charge in [0, 0.05) is 38.2 Å². The van der Waals surface area contributed by atoms with E-state index in [1.165, 1.54) is 0 Å². The molecule has 0 amide bonds. The molecule has 6 heteroatoms. The van der Waals surface area contributed by atoms with Gasteiger partial charge in [-0.15, -0.1) is 0 Å². The number of hydrogen-bond donors (Lipinski definition) is 1. The lowest BCUT2D eigenvalue weighted by Gasteiger charge is -2.12. The molecule has 1 aromatic carbocycles. The topological polar surface area (TPSA) is 56.8 Å². The standard InChI is InChI=1S/C19H25N5O/c1-15(14-23-11-7-10-21-23)12-20-13-18-16(2)22(3)24(19(18)25)17-8-5-4-6-9-17/h4-11,15,20H,12-14H2,1-3H3/t15-/m0/s1. The van der Waals surface area contributed by atoms with E-state index in [0.717, 1.165) is 30.0 Å². The van der Waals surface area contributed by atoms with E-state index in [2.05, 4.69) is 17.3 Å². The monoisotopic (exact) mass is 339 g/mol. The number of nitrogens with one attached hydrogen (secondary N) is 1. The predicted molar refractivity (Wildman–Crippen MR) is 98.8 cm³/mol. The summed E-state index contributed by atoms with van der Waals surface area (Å²) in [7, 11) is 1.92. The van der Waals surface area contributed by atoms with Crippen molar-refractivity contribution in [2.75, 3.05) is 6.54 Å². The fourth-order valence-electron chi connectivity index (χ4n) is 3.06. The van der Waals surface area contributed by atoms with Crippen LogP contribution in [0, 0.1) is 12.8 Å². The zero-order chi connectivity index (χ0) is 17.8. The lowest BCUT2D eigenvalue weighted by atomic mass is 10.1. The van der Waals surface area contributed by atoms with Gasteiger partial charge in [-0.2, -0.15) is 5.10 Å². The fourth-order valence-corrected chi connectivity index (χ4v) is 3.06. The van der Waals surface area contributed by atoms with Crippen LogP contribution in [0.25, 0.3) is 5.69 Å². The van der Waals surface area contributed by atoms with Crippen molar-refractivity contribution in [3.05, 3.63) is 70.4 Å². The zero-order valence-electron chi connectivity index (χ0n) is 15.0. The Morgan fingerprint density at radius 3 is 2.64 bits per heavy atom. The Morgan fingerprint density at radius 2 is 1.96 bits per heavy atom. The van der Waals surface area contributed by atoms with Crippen LogP contribution < -0.4 is 10.9 Å². The quantitative estimate of drug-likeness (QED) is 0.717. The van der Waals surface area contributed by atoms with Gasteiger partial charge in [0.1, 0.15) is 0 Å². The van der Waals surface area contributed by atoms with Crippen molar-refractivity contribution in [3.63, 3.8) is 0 Å². The number of nitrogens with zero attached hydrogens (tertiary/aromatic N) is 4. The zero-order valence-corrected chi connectivity index (χ0v) is 15.0. The highest BCUT2D eigenvalue weighted by Gasteiger charge is 2.15. The summed E-state index contributed by atoms with van der Waals surface area (Å²) in [5, 5.41) is 7.65. The average Bonchev–Trinajstić information content (AvgIpc) is 3.18. The number of rotatable bonds is 7. The van der Waals surface area contributed by atoms with E-state index in [9.17, 15) is 4.79 Å². The highest BCUT2D eigenvalue weighted by Crippen LogP contribution is 2.10. The van der Waals surface area contributed by atoms with Crippen molar-refractivity contribution in [1.29, 1.82) is 0 Å². The summed E-state index contributed by atoms with van der Waals surface area (Å²) in [4.78, 5) is 12.8. The molecule has 6 nitrogen and oxygen atoms in total. The second kappa shape index (κ2) is 7.53. The molecule has 0 saturated heterocycles. The molecule has 0 aliphatic rings. The Morgan fingerprint density at radius 1 is 1.20 bits per heavy atom. The number of benzene rings is 1. The van der Waals surface area contributed by atoms with Crippen LogP contribution in [0.5, 0.6) is 0 Å². The molecule has 1 atom stereocenters. The first kappa shape index (κ1) is 17.2. The van der Waals surface area contributed by atoms with Gasteiger partial charge in [-0.3, -0.25) is 14.2 Å². The summed E-state index contributed by atoms with van der Waals surface area (Å²) in [6.45, 7) is 6.43. The minimum atomic E-state index is 0.0402. The molecule has 25 heavy (non-hydrogen) atoms.